The molecule has 2 rings (SSSR count). The van der Waals surface area contributed by atoms with E-state index in [0.29, 0.717) is 17.9 Å². The number of carbonyl (C=O) groups excluding carboxylic acids is 1. The summed E-state index contributed by atoms with van der Waals surface area (Å²) in [5.41, 5.74) is 1.14. The Bertz CT molecular complexity index is 678. The SMILES string of the molecule is CN(C(=O)c1ccc(OC(C)(C)C)nc1)C(CCO)c1ccccc1. The summed E-state index contributed by atoms with van der Waals surface area (Å²) < 4.78 is 5.68. The van der Waals surface area contributed by atoms with Crippen molar-refractivity contribution in [3.63, 3.8) is 0 Å². The van der Waals surface area contributed by atoms with Gasteiger partial charge in [-0.1, -0.05) is 30.3 Å². The number of ether oxygens (including phenoxy) is 1. The number of hydrogen-bond acceptors (Lipinski definition) is 4. The minimum absolute atomic E-state index is 0.00773. The number of aliphatic hydroxyl groups excluding tert-OH is 1. The van der Waals surface area contributed by atoms with Crippen molar-refractivity contribution in [1.82, 2.24) is 9.88 Å². The highest BCUT2D eigenvalue weighted by Crippen LogP contribution is 2.25. The second-order valence-electron chi connectivity index (χ2n) is 6.95. The van der Waals surface area contributed by atoms with Gasteiger partial charge in [-0.25, -0.2) is 4.98 Å². The minimum Gasteiger partial charge on any atom is -0.472 e. The highest BCUT2D eigenvalue weighted by Gasteiger charge is 2.23. The maximum Gasteiger partial charge on any atom is 0.255 e. The van der Waals surface area contributed by atoms with Gasteiger partial charge in [0.05, 0.1) is 11.6 Å². The molecule has 0 saturated heterocycles. The van der Waals surface area contributed by atoms with Gasteiger partial charge in [0, 0.05) is 25.9 Å². The van der Waals surface area contributed by atoms with Crippen LogP contribution in [-0.4, -0.2) is 40.2 Å². The Labute approximate surface area is 149 Å². The van der Waals surface area contributed by atoms with E-state index in [-0.39, 0.29) is 24.2 Å². The first kappa shape index (κ1) is 18.9. The molecule has 0 saturated carbocycles. The molecule has 1 amide bonds. The summed E-state index contributed by atoms with van der Waals surface area (Å²) in [5.74, 6) is 0.346. The van der Waals surface area contributed by atoms with E-state index in [4.69, 9.17) is 4.74 Å². The number of aliphatic hydroxyl groups is 1. The zero-order chi connectivity index (χ0) is 18.4. The zero-order valence-corrected chi connectivity index (χ0v) is 15.3. The molecule has 1 atom stereocenters. The van der Waals surface area contributed by atoms with Gasteiger partial charge in [0.15, 0.2) is 0 Å². The van der Waals surface area contributed by atoms with Crippen molar-refractivity contribution in [2.75, 3.05) is 13.7 Å². The zero-order valence-electron chi connectivity index (χ0n) is 15.3. The van der Waals surface area contributed by atoms with Crippen LogP contribution in [0.15, 0.2) is 48.7 Å². The molecule has 0 aliphatic heterocycles. The molecule has 0 radical (unpaired) electrons. The average molecular weight is 342 g/mol. The largest absolute Gasteiger partial charge is 0.472 e. The Kier molecular flexibility index (Phi) is 6.15. The van der Waals surface area contributed by atoms with Crippen molar-refractivity contribution < 1.29 is 14.6 Å². The monoisotopic (exact) mass is 342 g/mol. The van der Waals surface area contributed by atoms with E-state index >= 15 is 0 Å². The van der Waals surface area contributed by atoms with E-state index < -0.39 is 0 Å². The van der Waals surface area contributed by atoms with Crippen molar-refractivity contribution in [3.8, 4) is 5.88 Å². The molecule has 5 nitrogen and oxygen atoms in total. The molecule has 0 bridgehead atoms. The van der Waals surface area contributed by atoms with E-state index in [1.54, 1.807) is 24.1 Å². The second kappa shape index (κ2) is 8.12. The Hall–Kier alpha value is -2.40. The van der Waals surface area contributed by atoms with Crippen LogP contribution in [-0.2, 0) is 0 Å². The first-order valence-electron chi connectivity index (χ1n) is 8.40. The summed E-state index contributed by atoms with van der Waals surface area (Å²) in [6.45, 7) is 5.84. The lowest BCUT2D eigenvalue weighted by Gasteiger charge is -2.28. The summed E-state index contributed by atoms with van der Waals surface area (Å²) in [7, 11) is 1.75. The number of aromatic nitrogens is 1. The number of nitrogens with zero attached hydrogens (tertiary/aromatic N) is 2. The number of carbonyl (C=O) groups is 1. The number of amides is 1. The third-order valence-electron chi connectivity index (χ3n) is 3.77. The van der Waals surface area contributed by atoms with Crippen LogP contribution in [0.3, 0.4) is 0 Å². The second-order valence-corrected chi connectivity index (χ2v) is 6.95. The molecular weight excluding hydrogens is 316 g/mol. The molecular formula is C20H26N2O3. The fourth-order valence-electron chi connectivity index (χ4n) is 2.61. The molecule has 0 fully saturated rings. The van der Waals surface area contributed by atoms with Gasteiger partial charge in [0.1, 0.15) is 5.60 Å². The van der Waals surface area contributed by atoms with Gasteiger partial charge >= 0.3 is 0 Å². The standard InChI is InChI=1S/C20H26N2O3/c1-20(2,3)25-18-11-10-16(14-21-18)19(24)22(4)17(12-13-23)15-8-6-5-7-9-15/h5-11,14,17,23H,12-13H2,1-4H3. The quantitative estimate of drug-likeness (QED) is 0.873. The van der Waals surface area contributed by atoms with Crippen molar-refractivity contribution >= 4 is 5.91 Å². The molecule has 0 aliphatic rings. The van der Waals surface area contributed by atoms with Crippen molar-refractivity contribution in [2.24, 2.45) is 0 Å². The molecule has 5 heteroatoms. The lowest BCUT2D eigenvalue weighted by Crippen LogP contribution is -2.32. The lowest BCUT2D eigenvalue weighted by molar-refractivity contribution is 0.0704. The molecule has 1 heterocycles. The maximum atomic E-state index is 12.8. The Morgan fingerprint density at radius 1 is 1.20 bits per heavy atom. The first-order chi connectivity index (χ1) is 11.8. The van der Waals surface area contributed by atoms with Gasteiger partial charge in [-0.2, -0.15) is 0 Å². The highest BCUT2D eigenvalue weighted by molar-refractivity contribution is 5.94. The number of pyridine rings is 1. The van der Waals surface area contributed by atoms with Gasteiger partial charge in [-0.05, 0) is 38.8 Å². The van der Waals surface area contributed by atoms with E-state index in [0.717, 1.165) is 5.56 Å². The number of hydrogen-bond donors (Lipinski definition) is 1. The average Bonchev–Trinajstić information content (AvgIpc) is 2.58. The molecule has 1 aromatic heterocycles. The van der Waals surface area contributed by atoms with Crippen LogP contribution in [0.25, 0.3) is 0 Å². The third-order valence-corrected chi connectivity index (χ3v) is 3.77. The smallest absolute Gasteiger partial charge is 0.255 e. The lowest BCUT2D eigenvalue weighted by atomic mass is 10.0. The maximum absolute atomic E-state index is 12.8. The molecule has 0 spiro atoms. The van der Waals surface area contributed by atoms with Crippen LogP contribution in [0.1, 0.15) is 49.2 Å². The molecule has 1 unspecified atom stereocenters. The molecule has 2 aromatic rings. The number of benzene rings is 1. The Balaban J connectivity index is 2.17. The normalized spacial score (nSPS) is 12.5. The summed E-state index contributed by atoms with van der Waals surface area (Å²) >= 11 is 0. The fraction of sp³-hybridized carbons (Fsp3) is 0.400. The van der Waals surface area contributed by atoms with Crippen molar-refractivity contribution in [1.29, 1.82) is 0 Å². The summed E-state index contributed by atoms with van der Waals surface area (Å²) in [5, 5.41) is 9.38. The van der Waals surface area contributed by atoms with E-state index in [1.165, 1.54) is 6.20 Å². The summed E-state index contributed by atoms with van der Waals surface area (Å²) in [4.78, 5) is 18.7. The minimum atomic E-state index is -0.338. The van der Waals surface area contributed by atoms with Crippen LogP contribution in [0.4, 0.5) is 0 Å². The van der Waals surface area contributed by atoms with Gasteiger partial charge in [0.2, 0.25) is 5.88 Å². The molecule has 1 aromatic carbocycles. The van der Waals surface area contributed by atoms with E-state index in [1.807, 2.05) is 51.1 Å². The first-order valence-corrected chi connectivity index (χ1v) is 8.40. The summed E-state index contributed by atoms with van der Waals surface area (Å²) in [6, 6.07) is 12.9. The van der Waals surface area contributed by atoms with Crippen LogP contribution in [0.5, 0.6) is 5.88 Å². The topological polar surface area (TPSA) is 62.7 Å². The van der Waals surface area contributed by atoms with Crippen molar-refractivity contribution in [3.05, 3.63) is 59.8 Å². The molecule has 0 aliphatic carbocycles. The predicted octanol–water partition coefficient (Wildman–Crippen LogP) is 3.45. The number of rotatable bonds is 6. The Morgan fingerprint density at radius 2 is 1.88 bits per heavy atom. The van der Waals surface area contributed by atoms with E-state index in [2.05, 4.69) is 4.98 Å². The predicted molar refractivity (Wildman–Crippen MR) is 97.6 cm³/mol. The third kappa shape index (κ3) is 5.29. The van der Waals surface area contributed by atoms with Gasteiger partial charge in [-0.15, -0.1) is 0 Å². The van der Waals surface area contributed by atoms with Crippen LogP contribution >= 0.6 is 0 Å². The molecule has 1 N–H and O–H groups in total. The Morgan fingerprint density at radius 3 is 2.40 bits per heavy atom. The van der Waals surface area contributed by atoms with Crippen LogP contribution in [0.2, 0.25) is 0 Å². The van der Waals surface area contributed by atoms with Gasteiger partial charge < -0.3 is 14.7 Å². The van der Waals surface area contributed by atoms with Gasteiger partial charge in [-0.3, -0.25) is 4.79 Å². The molecule has 25 heavy (non-hydrogen) atoms. The van der Waals surface area contributed by atoms with Crippen LogP contribution in [0, 0.1) is 0 Å². The van der Waals surface area contributed by atoms with E-state index in [9.17, 15) is 9.90 Å². The van der Waals surface area contributed by atoms with Gasteiger partial charge in [0.25, 0.3) is 5.91 Å². The van der Waals surface area contributed by atoms with Crippen molar-refractivity contribution in [2.45, 2.75) is 38.8 Å². The summed E-state index contributed by atoms with van der Waals surface area (Å²) in [6.07, 6.45) is 2.01. The highest BCUT2D eigenvalue weighted by atomic mass is 16.5. The molecule has 134 valence electrons. The fourth-order valence-corrected chi connectivity index (χ4v) is 2.61. The van der Waals surface area contributed by atoms with Crippen LogP contribution < -0.4 is 4.74 Å².